The van der Waals surface area contributed by atoms with E-state index in [9.17, 15) is 0 Å². The Morgan fingerprint density at radius 3 is 2.33 bits per heavy atom. The van der Waals surface area contributed by atoms with Crippen LogP contribution in [-0.4, -0.2) is 0 Å². The zero-order valence-electron chi connectivity index (χ0n) is 7.14. The fraction of sp³-hybridized carbons (Fsp3) is 0.111. The van der Waals surface area contributed by atoms with Gasteiger partial charge < -0.3 is 0 Å². The number of hydrogen-bond donors (Lipinski definition) is 0. The Bertz CT molecular complexity index is 459. The van der Waals surface area contributed by atoms with Crippen molar-refractivity contribution in [3.8, 4) is 0 Å². The Morgan fingerprint density at radius 1 is 1.13 bits per heavy atom. The monoisotopic (exact) mass is 404 g/mol. The SMILES string of the molecule is Clc1cc(C(Cl)c2ccc(Br)s2)sc1Br. The van der Waals surface area contributed by atoms with Gasteiger partial charge in [0.2, 0.25) is 0 Å². The molecule has 0 spiro atoms. The van der Waals surface area contributed by atoms with E-state index < -0.39 is 0 Å². The third-order valence-corrected chi connectivity index (χ3v) is 6.71. The first kappa shape index (κ1) is 12.4. The van der Waals surface area contributed by atoms with Crippen LogP contribution in [-0.2, 0) is 0 Å². The highest BCUT2D eigenvalue weighted by atomic mass is 79.9. The molecule has 0 radical (unpaired) electrons. The second-order valence-corrected chi connectivity index (χ2v) is 8.51. The van der Waals surface area contributed by atoms with E-state index in [2.05, 4.69) is 31.9 Å². The molecule has 0 aliphatic rings. The van der Waals surface area contributed by atoms with E-state index in [1.165, 1.54) is 0 Å². The molecule has 0 saturated heterocycles. The lowest BCUT2D eigenvalue weighted by Crippen LogP contribution is -1.83. The van der Waals surface area contributed by atoms with Crippen LogP contribution >= 0.6 is 77.7 Å². The van der Waals surface area contributed by atoms with Crippen LogP contribution in [0.1, 0.15) is 15.1 Å². The minimum atomic E-state index is -0.116. The highest BCUT2D eigenvalue weighted by molar-refractivity contribution is 9.11. The van der Waals surface area contributed by atoms with Crippen molar-refractivity contribution in [3.05, 3.63) is 40.5 Å². The first-order valence-electron chi connectivity index (χ1n) is 3.92. The number of halogens is 4. The summed E-state index contributed by atoms with van der Waals surface area (Å²) in [5.41, 5.74) is 0. The normalized spacial score (nSPS) is 13.1. The maximum atomic E-state index is 6.35. The summed E-state index contributed by atoms with van der Waals surface area (Å²) in [7, 11) is 0. The van der Waals surface area contributed by atoms with Gasteiger partial charge in [-0.1, -0.05) is 11.6 Å². The fourth-order valence-corrected chi connectivity index (χ4v) is 4.73. The number of hydrogen-bond acceptors (Lipinski definition) is 2. The molecule has 0 saturated carbocycles. The largest absolute Gasteiger partial charge is 0.131 e. The Balaban J connectivity index is 2.31. The molecule has 0 fully saturated rings. The molecular weight excluding hydrogens is 403 g/mol. The van der Waals surface area contributed by atoms with Gasteiger partial charge in [0.1, 0.15) is 5.38 Å². The maximum absolute atomic E-state index is 6.35. The molecule has 2 aromatic heterocycles. The summed E-state index contributed by atoms with van der Waals surface area (Å²) in [4.78, 5) is 2.18. The highest BCUT2D eigenvalue weighted by Crippen LogP contribution is 2.42. The van der Waals surface area contributed by atoms with Crippen molar-refractivity contribution in [2.75, 3.05) is 0 Å². The third kappa shape index (κ3) is 2.79. The lowest BCUT2D eigenvalue weighted by atomic mass is 10.3. The molecule has 0 aromatic carbocycles. The lowest BCUT2D eigenvalue weighted by Gasteiger charge is -2.02. The van der Waals surface area contributed by atoms with Gasteiger partial charge in [-0.05, 0) is 50.1 Å². The van der Waals surface area contributed by atoms with Crippen LogP contribution in [0.15, 0.2) is 25.8 Å². The summed E-state index contributed by atoms with van der Waals surface area (Å²) >= 11 is 22.3. The molecule has 2 heterocycles. The van der Waals surface area contributed by atoms with Gasteiger partial charge in [-0.3, -0.25) is 0 Å². The van der Waals surface area contributed by atoms with Crippen LogP contribution < -0.4 is 0 Å². The molecule has 0 nitrogen and oxygen atoms in total. The zero-order valence-corrected chi connectivity index (χ0v) is 13.5. The Morgan fingerprint density at radius 2 is 1.87 bits per heavy atom. The molecule has 15 heavy (non-hydrogen) atoms. The molecule has 0 aliphatic carbocycles. The van der Waals surface area contributed by atoms with E-state index in [0.717, 1.165) is 22.3 Å². The molecule has 0 amide bonds. The maximum Gasteiger partial charge on any atom is 0.102 e. The van der Waals surface area contributed by atoms with Gasteiger partial charge >= 0.3 is 0 Å². The summed E-state index contributed by atoms with van der Waals surface area (Å²) in [6.07, 6.45) is 0. The molecule has 6 heteroatoms. The highest BCUT2D eigenvalue weighted by Gasteiger charge is 2.17. The zero-order chi connectivity index (χ0) is 11.0. The molecule has 2 aromatic rings. The fourth-order valence-electron chi connectivity index (χ4n) is 1.09. The van der Waals surface area contributed by atoms with Gasteiger partial charge in [0.05, 0.1) is 12.6 Å². The van der Waals surface area contributed by atoms with Gasteiger partial charge in [-0.15, -0.1) is 34.3 Å². The van der Waals surface area contributed by atoms with Gasteiger partial charge in [0.15, 0.2) is 0 Å². The van der Waals surface area contributed by atoms with Gasteiger partial charge in [-0.2, -0.15) is 0 Å². The van der Waals surface area contributed by atoms with Crippen LogP contribution in [0.4, 0.5) is 0 Å². The smallest absolute Gasteiger partial charge is 0.102 e. The van der Waals surface area contributed by atoms with Crippen LogP contribution in [0.5, 0.6) is 0 Å². The van der Waals surface area contributed by atoms with E-state index >= 15 is 0 Å². The summed E-state index contributed by atoms with van der Waals surface area (Å²) in [5, 5.41) is 0.603. The van der Waals surface area contributed by atoms with Crippen molar-refractivity contribution in [1.29, 1.82) is 0 Å². The minimum Gasteiger partial charge on any atom is -0.131 e. The predicted molar refractivity (Wildman–Crippen MR) is 76.7 cm³/mol. The quantitative estimate of drug-likeness (QED) is 0.512. The summed E-state index contributed by atoms with van der Waals surface area (Å²) in [6.45, 7) is 0. The number of rotatable bonds is 2. The molecular formula is C9H4Br2Cl2S2. The molecule has 0 bridgehead atoms. The first-order chi connectivity index (χ1) is 7.08. The molecule has 80 valence electrons. The standard InChI is InChI=1S/C9H4Br2Cl2S2/c10-7-2-1-5(14-7)8(13)6-3-4(12)9(11)15-6/h1-3,8H. The Labute approximate surface area is 122 Å². The van der Waals surface area contributed by atoms with Crippen LogP contribution in [0.3, 0.4) is 0 Å². The van der Waals surface area contributed by atoms with Crippen molar-refractivity contribution in [2.45, 2.75) is 5.38 Å². The summed E-state index contributed by atoms with van der Waals surface area (Å²) in [6, 6.07) is 5.93. The average Bonchev–Trinajstić information content (AvgIpc) is 2.74. The van der Waals surface area contributed by atoms with Crippen molar-refractivity contribution < 1.29 is 0 Å². The number of alkyl halides is 1. The van der Waals surface area contributed by atoms with Gasteiger partial charge in [0, 0.05) is 9.75 Å². The third-order valence-electron chi connectivity index (χ3n) is 1.76. The van der Waals surface area contributed by atoms with Crippen LogP contribution in [0, 0.1) is 0 Å². The summed E-state index contributed by atoms with van der Waals surface area (Å²) in [5.74, 6) is 0. The van der Waals surface area contributed by atoms with Crippen molar-refractivity contribution in [2.24, 2.45) is 0 Å². The molecule has 0 N–H and O–H groups in total. The van der Waals surface area contributed by atoms with Gasteiger partial charge in [-0.25, -0.2) is 0 Å². The Hall–Kier alpha value is 0.940. The van der Waals surface area contributed by atoms with Crippen LogP contribution in [0.25, 0.3) is 0 Å². The predicted octanol–water partition coefficient (Wildman–Crippen LogP) is 6.32. The number of thiophene rings is 2. The van der Waals surface area contributed by atoms with E-state index in [-0.39, 0.29) is 5.38 Å². The van der Waals surface area contributed by atoms with E-state index in [1.54, 1.807) is 22.7 Å². The molecule has 0 aliphatic heterocycles. The molecule has 1 atom stereocenters. The topological polar surface area (TPSA) is 0 Å². The first-order valence-corrected chi connectivity index (χ1v) is 7.95. The van der Waals surface area contributed by atoms with Gasteiger partial charge in [0.25, 0.3) is 0 Å². The van der Waals surface area contributed by atoms with E-state index in [4.69, 9.17) is 23.2 Å². The van der Waals surface area contributed by atoms with E-state index in [0.29, 0.717) is 0 Å². The molecule has 2 rings (SSSR count). The van der Waals surface area contributed by atoms with Crippen molar-refractivity contribution in [1.82, 2.24) is 0 Å². The second-order valence-electron chi connectivity index (χ2n) is 2.77. The molecule has 1 unspecified atom stereocenters. The van der Waals surface area contributed by atoms with Crippen LogP contribution in [0.2, 0.25) is 5.02 Å². The van der Waals surface area contributed by atoms with Crippen molar-refractivity contribution in [3.63, 3.8) is 0 Å². The Kier molecular flexibility index (Phi) is 4.19. The summed E-state index contributed by atoms with van der Waals surface area (Å²) < 4.78 is 2.02. The van der Waals surface area contributed by atoms with Crippen molar-refractivity contribution >= 4 is 77.7 Å². The van der Waals surface area contributed by atoms with E-state index in [1.807, 2.05) is 18.2 Å². The lowest BCUT2D eigenvalue weighted by molar-refractivity contribution is 1.24. The second kappa shape index (κ2) is 5.07. The average molecular weight is 407 g/mol. The minimum absolute atomic E-state index is 0.116.